The Bertz CT molecular complexity index is 409. The van der Waals surface area contributed by atoms with Gasteiger partial charge in [0.15, 0.2) is 0 Å². The van der Waals surface area contributed by atoms with E-state index in [1.807, 2.05) is 6.92 Å². The molecule has 1 unspecified atom stereocenters. The fourth-order valence-electron chi connectivity index (χ4n) is 1.58. The molecular weight excluding hydrogens is 237 g/mol. The second kappa shape index (κ2) is 6.96. The summed E-state index contributed by atoms with van der Waals surface area (Å²) in [5.74, 6) is -0.695. The minimum absolute atomic E-state index is 0.00773. The van der Waals surface area contributed by atoms with E-state index < -0.39 is 11.7 Å². The first-order valence-electron chi connectivity index (χ1n) is 5.83. The zero-order chi connectivity index (χ0) is 13.5. The third-order valence-electron chi connectivity index (χ3n) is 2.59. The average Bonchev–Trinajstić information content (AvgIpc) is 2.35. The smallest absolute Gasteiger partial charge is 0.254 e. The van der Waals surface area contributed by atoms with Crippen molar-refractivity contribution < 1.29 is 19.0 Å². The number of benzene rings is 1. The molecule has 2 N–H and O–H groups in total. The highest BCUT2D eigenvalue weighted by Crippen LogP contribution is 2.16. The maximum absolute atomic E-state index is 13.6. The molecule has 100 valence electrons. The van der Waals surface area contributed by atoms with Gasteiger partial charge in [0.25, 0.3) is 5.91 Å². The zero-order valence-electron chi connectivity index (χ0n) is 10.6. The minimum Gasteiger partial charge on any atom is -0.497 e. The number of carbonyl (C=O) groups is 1. The Balaban J connectivity index is 2.66. The Hall–Kier alpha value is -1.62. The fourth-order valence-corrected chi connectivity index (χ4v) is 1.58. The van der Waals surface area contributed by atoms with Crippen LogP contribution in [-0.2, 0) is 0 Å². The number of nitrogens with one attached hydrogen (secondary N) is 1. The second-order valence-electron chi connectivity index (χ2n) is 4.09. The number of aliphatic hydroxyl groups is 1. The van der Waals surface area contributed by atoms with E-state index in [2.05, 4.69) is 5.32 Å². The summed E-state index contributed by atoms with van der Waals surface area (Å²) in [6.07, 6.45) is 1.26. The molecule has 0 bridgehead atoms. The molecule has 0 aliphatic heterocycles. The number of aliphatic hydroxyl groups excluding tert-OH is 1. The van der Waals surface area contributed by atoms with Gasteiger partial charge in [-0.15, -0.1) is 0 Å². The van der Waals surface area contributed by atoms with Crippen molar-refractivity contribution in [3.8, 4) is 5.75 Å². The van der Waals surface area contributed by atoms with E-state index in [1.165, 1.54) is 25.3 Å². The van der Waals surface area contributed by atoms with E-state index in [4.69, 9.17) is 9.84 Å². The van der Waals surface area contributed by atoms with Gasteiger partial charge in [-0.1, -0.05) is 0 Å². The highest BCUT2D eigenvalue weighted by molar-refractivity contribution is 5.94. The maximum atomic E-state index is 13.6. The molecule has 0 aliphatic carbocycles. The molecule has 1 aromatic carbocycles. The van der Waals surface area contributed by atoms with Gasteiger partial charge >= 0.3 is 0 Å². The van der Waals surface area contributed by atoms with Crippen molar-refractivity contribution in [3.63, 3.8) is 0 Å². The molecule has 18 heavy (non-hydrogen) atoms. The van der Waals surface area contributed by atoms with Gasteiger partial charge in [-0.05, 0) is 31.9 Å². The molecule has 0 aromatic heterocycles. The summed E-state index contributed by atoms with van der Waals surface area (Å²) >= 11 is 0. The van der Waals surface area contributed by atoms with E-state index in [-0.39, 0.29) is 18.2 Å². The van der Waals surface area contributed by atoms with Crippen LogP contribution >= 0.6 is 0 Å². The summed E-state index contributed by atoms with van der Waals surface area (Å²) in [7, 11) is 1.44. The van der Waals surface area contributed by atoms with Gasteiger partial charge in [-0.25, -0.2) is 4.39 Å². The van der Waals surface area contributed by atoms with Gasteiger partial charge in [-0.3, -0.25) is 4.79 Å². The Morgan fingerprint density at radius 3 is 2.83 bits per heavy atom. The van der Waals surface area contributed by atoms with Crippen LogP contribution in [0, 0.1) is 5.82 Å². The molecule has 1 amide bonds. The van der Waals surface area contributed by atoms with Crippen LogP contribution in [0.3, 0.4) is 0 Å². The zero-order valence-corrected chi connectivity index (χ0v) is 10.6. The van der Waals surface area contributed by atoms with Crippen molar-refractivity contribution in [2.75, 3.05) is 13.7 Å². The van der Waals surface area contributed by atoms with Gasteiger partial charge in [0.1, 0.15) is 11.6 Å². The minimum atomic E-state index is -0.610. The van der Waals surface area contributed by atoms with Crippen LogP contribution in [0.1, 0.15) is 30.1 Å². The molecule has 1 aromatic rings. The molecule has 4 nitrogen and oxygen atoms in total. The highest BCUT2D eigenvalue weighted by atomic mass is 19.1. The quantitative estimate of drug-likeness (QED) is 0.813. The lowest BCUT2D eigenvalue weighted by atomic mass is 10.1. The highest BCUT2D eigenvalue weighted by Gasteiger charge is 2.14. The van der Waals surface area contributed by atoms with Gasteiger partial charge in [0.05, 0.1) is 12.7 Å². The van der Waals surface area contributed by atoms with Gasteiger partial charge in [-0.2, -0.15) is 0 Å². The predicted octanol–water partition coefficient (Wildman–Crippen LogP) is 1.73. The summed E-state index contributed by atoms with van der Waals surface area (Å²) in [6.45, 7) is 1.89. The Morgan fingerprint density at radius 1 is 1.56 bits per heavy atom. The van der Waals surface area contributed by atoms with E-state index >= 15 is 0 Å². The lowest BCUT2D eigenvalue weighted by Gasteiger charge is -2.13. The first-order valence-corrected chi connectivity index (χ1v) is 5.83. The fraction of sp³-hybridized carbons (Fsp3) is 0.462. The summed E-state index contributed by atoms with van der Waals surface area (Å²) in [5.41, 5.74) is -0.00773. The van der Waals surface area contributed by atoms with Crippen molar-refractivity contribution in [1.29, 1.82) is 0 Å². The molecule has 0 radical (unpaired) electrons. The summed E-state index contributed by atoms with van der Waals surface area (Å²) in [6, 6.07) is 4.00. The number of ether oxygens (including phenoxy) is 1. The standard InChI is InChI=1S/C13H18FNO3/c1-9(4-3-7-16)15-13(17)11-6-5-10(18-2)8-12(11)14/h5-6,8-9,16H,3-4,7H2,1-2H3,(H,15,17). The van der Waals surface area contributed by atoms with Crippen molar-refractivity contribution in [3.05, 3.63) is 29.6 Å². The third-order valence-corrected chi connectivity index (χ3v) is 2.59. The number of rotatable bonds is 6. The molecule has 1 atom stereocenters. The number of halogens is 1. The van der Waals surface area contributed by atoms with Crippen LogP contribution in [0.4, 0.5) is 4.39 Å². The molecule has 0 fully saturated rings. The summed E-state index contributed by atoms with van der Waals surface area (Å²) in [4.78, 5) is 11.8. The van der Waals surface area contributed by atoms with Crippen LogP contribution in [0.25, 0.3) is 0 Å². The number of carbonyl (C=O) groups excluding carboxylic acids is 1. The maximum Gasteiger partial charge on any atom is 0.254 e. The topological polar surface area (TPSA) is 58.6 Å². The molecule has 0 spiro atoms. The Labute approximate surface area is 106 Å². The largest absolute Gasteiger partial charge is 0.497 e. The van der Waals surface area contributed by atoms with Crippen LogP contribution in [0.2, 0.25) is 0 Å². The van der Waals surface area contributed by atoms with E-state index in [9.17, 15) is 9.18 Å². The first-order chi connectivity index (χ1) is 8.58. The van der Waals surface area contributed by atoms with Crippen LogP contribution in [0.5, 0.6) is 5.75 Å². The van der Waals surface area contributed by atoms with Crippen molar-refractivity contribution in [1.82, 2.24) is 5.32 Å². The van der Waals surface area contributed by atoms with E-state index in [0.717, 1.165) is 0 Å². The van der Waals surface area contributed by atoms with Crippen LogP contribution in [0.15, 0.2) is 18.2 Å². The first kappa shape index (κ1) is 14.4. The van der Waals surface area contributed by atoms with Gasteiger partial charge in [0, 0.05) is 18.7 Å². The predicted molar refractivity (Wildman–Crippen MR) is 66.2 cm³/mol. The van der Waals surface area contributed by atoms with E-state index in [1.54, 1.807) is 0 Å². The van der Waals surface area contributed by atoms with Crippen molar-refractivity contribution >= 4 is 5.91 Å². The van der Waals surface area contributed by atoms with Crippen molar-refractivity contribution in [2.24, 2.45) is 0 Å². The Morgan fingerprint density at radius 2 is 2.28 bits per heavy atom. The van der Waals surface area contributed by atoms with Gasteiger partial charge < -0.3 is 15.2 Å². The normalized spacial score (nSPS) is 12.0. The molecule has 0 heterocycles. The number of hydrogen-bond acceptors (Lipinski definition) is 3. The number of methoxy groups -OCH3 is 1. The summed E-state index contributed by atoms with van der Waals surface area (Å²) < 4.78 is 18.5. The molecule has 0 aliphatic rings. The second-order valence-corrected chi connectivity index (χ2v) is 4.09. The molecule has 1 rings (SSSR count). The Kier molecular flexibility index (Phi) is 5.58. The SMILES string of the molecule is COc1ccc(C(=O)NC(C)CCCO)c(F)c1. The lowest BCUT2D eigenvalue weighted by Crippen LogP contribution is -2.33. The third kappa shape index (κ3) is 4.00. The van der Waals surface area contributed by atoms with Crippen LogP contribution < -0.4 is 10.1 Å². The molecule has 0 saturated carbocycles. The molecular formula is C13H18FNO3. The molecule has 5 heteroatoms. The van der Waals surface area contributed by atoms with Gasteiger partial charge in [0.2, 0.25) is 0 Å². The lowest BCUT2D eigenvalue weighted by molar-refractivity contribution is 0.0932. The number of hydrogen-bond donors (Lipinski definition) is 2. The monoisotopic (exact) mass is 255 g/mol. The van der Waals surface area contributed by atoms with Crippen LogP contribution in [-0.4, -0.2) is 30.8 Å². The molecule has 0 saturated heterocycles. The average molecular weight is 255 g/mol. The van der Waals surface area contributed by atoms with Crippen molar-refractivity contribution in [2.45, 2.75) is 25.8 Å². The number of amides is 1. The summed E-state index contributed by atoms with van der Waals surface area (Å²) in [5, 5.41) is 11.4. The van der Waals surface area contributed by atoms with E-state index in [0.29, 0.717) is 18.6 Å².